The summed E-state index contributed by atoms with van der Waals surface area (Å²) in [4.78, 5) is 0. The minimum absolute atomic E-state index is 0.226. The number of nitrogens with one attached hydrogen (secondary N) is 1. The lowest BCUT2D eigenvalue weighted by atomic mass is 10.2. The van der Waals surface area contributed by atoms with Gasteiger partial charge in [0, 0.05) is 26.1 Å². The number of aliphatic hydroxyl groups excluding tert-OH is 1. The van der Waals surface area contributed by atoms with Crippen LogP contribution < -0.4 is 5.32 Å². The van der Waals surface area contributed by atoms with Crippen LogP contribution in [0.2, 0.25) is 0 Å². The molecule has 0 aromatic rings. The Bertz CT molecular complexity index is 179. The second-order valence-corrected chi connectivity index (χ2v) is 3.44. The molecule has 0 saturated heterocycles. The fraction of sp³-hybridized carbons (Fsp3) is 0.818. The van der Waals surface area contributed by atoms with E-state index in [0.717, 1.165) is 0 Å². The van der Waals surface area contributed by atoms with Crippen molar-refractivity contribution in [2.75, 3.05) is 33.5 Å². The normalized spacial score (nSPS) is 14.5. The lowest BCUT2D eigenvalue weighted by Gasteiger charge is -2.15. The Balaban J connectivity index is 3.33. The number of terminal acetylenes is 1. The standard InChI is InChI=1S/C11H21NO3/c1-4-5-10(2)12-8-11(13)9-15-7-6-14-3/h1,10-13H,5-9H2,2-3H3. The molecule has 0 fully saturated rings. The Hall–Kier alpha value is -0.600. The maximum absolute atomic E-state index is 9.49. The van der Waals surface area contributed by atoms with Crippen LogP contribution in [-0.4, -0.2) is 50.7 Å². The van der Waals surface area contributed by atoms with E-state index >= 15 is 0 Å². The average molecular weight is 215 g/mol. The van der Waals surface area contributed by atoms with Crippen LogP contribution in [0, 0.1) is 12.3 Å². The van der Waals surface area contributed by atoms with Crippen LogP contribution in [0.3, 0.4) is 0 Å². The molecule has 2 unspecified atom stereocenters. The maximum atomic E-state index is 9.49. The molecule has 0 rings (SSSR count). The molecule has 2 atom stereocenters. The summed E-state index contributed by atoms with van der Waals surface area (Å²) < 4.78 is 9.98. The molecule has 0 heterocycles. The van der Waals surface area contributed by atoms with Crippen molar-refractivity contribution in [1.82, 2.24) is 5.32 Å². The molecule has 0 aliphatic rings. The van der Waals surface area contributed by atoms with E-state index in [4.69, 9.17) is 15.9 Å². The molecule has 0 aromatic carbocycles. The van der Waals surface area contributed by atoms with Gasteiger partial charge in [0.05, 0.1) is 25.9 Å². The van der Waals surface area contributed by atoms with Crippen LogP contribution in [0.15, 0.2) is 0 Å². The molecule has 0 aliphatic heterocycles. The molecule has 2 N–H and O–H groups in total. The predicted molar refractivity (Wildman–Crippen MR) is 59.6 cm³/mol. The van der Waals surface area contributed by atoms with Gasteiger partial charge in [-0.15, -0.1) is 12.3 Å². The number of rotatable bonds is 9. The zero-order valence-corrected chi connectivity index (χ0v) is 9.53. The molecule has 0 saturated carbocycles. The molecule has 0 aliphatic carbocycles. The van der Waals surface area contributed by atoms with Crippen molar-refractivity contribution in [2.24, 2.45) is 0 Å². The fourth-order valence-corrected chi connectivity index (χ4v) is 1.01. The van der Waals surface area contributed by atoms with Gasteiger partial charge in [0.25, 0.3) is 0 Å². The number of methoxy groups -OCH3 is 1. The summed E-state index contributed by atoms with van der Waals surface area (Å²) in [6, 6.07) is 0.226. The van der Waals surface area contributed by atoms with Crippen molar-refractivity contribution >= 4 is 0 Å². The maximum Gasteiger partial charge on any atom is 0.0897 e. The number of ether oxygens (including phenoxy) is 2. The van der Waals surface area contributed by atoms with Crippen LogP contribution in [0.1, 0.15) is 13.3 Å². The van der Waals surface area contributed by atoms with E-state index in [1.165, 1.54) is 0 Å². The van der Waals surface area contributed by atoms with Crippen molar-refractivity contribution in [1.29, 1.82) is 0 Å². The van der Waals surface area contributed by atoms with E-state index in [1.54, 1.807) is 7.11 Å². The molecule has 4 heteroatoms. The van der Waals surface area contributed by atoms with Gasteiger partial charge in [-0.2, -0.15) is 0 Å². The van der Waals surface area contributed by atoms with Gasteiger partial charge in [0.2, 0.25) is 0 Å². The average Bonchev–Trinajstić information content (AvgIpc) is 2.22. The Morgan fingerprint density at radius 2 is 2.20 bits per heavy atom. The predicted octanol–water partition coefficient (Wildman–Crippen LogP) is 0.0117. The van der Waals surface area contributed by atoms with E-state index in [-0.39, 0.29) is 6.04 Å². The van der Waals surface area contributed by atoms with E-state index < -0.39 is 6.10 Å². The van der Waals surface area contributed by atoms with Crippen molar-refractivity contribution in [3.8, 4) is 12.3 Å². The van der Waals surface area contributed by atoms with E-state index in [9.17, 15) is 5.11 Å². The third-order valence-electron chi connectivity index (χ3n) is 1.87. The monoisotopic (exact) mass is 215 g/mol. The largest absolute Gasteiger partial charge is 0.389 e. The third-order valence-corrected chi connectivity index (χ3v) is 1.87. The highest BCUT2D eigenvalue weighted by Gasteiger charge is 2.06. The first-order chi connectivity index (χ1) is 7.20. The summed E-state index contributed by atoms with van der Waals surface area (Å²) in [6.45, 7) is 3.86. The van der Waals surface area contributed by atoms with Crippen molar-refractivity contribution in [3.05, 3.63) is 0 Å². The first kappa shape index (κ1) is 14.4. The van der Waals surface area contributed by atoms with Crippen molar-refractivity contribution in [2.45, 2.75) is 25.5 Å². The highest BCUT2D eigenvalue weighted by Crippen LogP contribution is 1.90. The highest BCUT2D eigenvalue weighted by atomic mass is 16.5. The van der Waals surface area contributed by atoms with Crippen LogP contribution in [0.4, 0.5) is 0 Å². The molecular formula is C11H21NO3. The molecule has 0 radical (unpaired) electrons. The van der Waals surface area contributed by atoms with Crippen LogP contribution >= 0.6 is 0 Å². The smallest absolute Gasteiger partial charge is 0.0897 e. The van der Waals surface area contributed by atoms with Gasteiger partial charge >= 0.3 is 0 Å². The zero-order chi connectivity index (χ0) is 11.5. The first-order valence-corrected chi connectivity index (χ1v) is 5.12. The van der Waals surface area contributed by atoms with Gasteiger partial charge in [-0.1, -0.05) is 0 Å². The molecule has 0 spiro atoms. The van der Waals surface area contributed by atoms with Gasteiger partial charge in [0.1, 0.15) is 0 Å². The molecule has 15 heavy (non-hydrogen) atoms. The first-order valence-electron chi connectivity index (χ1n) is 5.12. The van der Waals surface area contributed by atoms with Crippen molar-refractivity contribution < 1.29 is 14.6 Å². The Morgan fingerprint density at radius 1 is 1.47 bits per heavy atom. The van der Waals surface area contributed by atoms with E-state index in [2.05, 4.69) is 11.2 Å². The summed E-state index contributed by atoms with van der Waals surface area (Å²) in [7, 11) is 1.61. The van der Waals surface area contributed by atoms with Gasteiger partial charge < -0.3 is 19.9 Å². The molecule has 0 bridgehead atoms. The SMILES string of the molecule is C#CCC(C)NCC(O)COCCOC. The summed E-state index contributed by atoms with van der Waals surface area (Å²) in [6.07, 6.45) is 5.32. The van der Waals surface area contributed by atoms with Gasteiger partial charge in [0.15, 0.2) is 0 Å². The number of hydrogen-bond acceptors (Lipinski definition) is 4. The summed E-state index contributed by atoms with van der Waals surface area (Å²) in [5, 5.41) is 12.6. The van der Waals surface area contributed by atoms with E-state index in [1.807, 2.05) is 6.92 Å². The van der Waals surface area contributed by atoms with E-state index in [0.29, 0.717) is 32.8 Å². The van der Waals surface area contributed by atoms with Crippen LogP contribution in [-0.2, 0) is 9.47 Å². The third kappa shape index (κ3) is 9.70. The minimum Gasteiger partial charge on any atom is -0.389 e. The lowest BCUT2D eigenvalue weighted by Crippen LogP contribution is -2.35. The van der Waals surface area contributed by atoms with Crippen LogP contribution in [0.5, 0.6) is 0 Å². The number of aliphatic hydroxyl groups is 1. The second kappa shape index (κ2) is 9.94. The summed E-state index contributed by atoms with van der Waals surface area (Å²) >= 11 is 0. The van der Waals surface area contributed by atoms with Crippen LogP contribution in [0.25, 0.3) is 0 Å². The quantitative estimate of drug-likeness (QED) is 0.420. The molecule has 4 nitrogen and oxygen atoms in total. The lowest BCUT2D eigenvalue weighted by molar-refractivity contribution is 0.0131. The topological polar surface area (TPSA) is 50.7 Å². The zero-order valence-electron chi connectivity index (χ0n) is 9.53. The summed E-state index contributed by atoms with van der Waals surface area (Å²) in [5.74, 6) is 2.56. The second-order valence-electron chi connectivity index (χ2n) is 3.44. The Kier molecular flexibility index (Phi) is 9.54. The van der Waals surface area contributed by atoms with Crippen molar-refractivity contribution in [3.63, 3.8) is 0 Å². The number of hydrogen-bond donors (Lipinski definition) is 2. The highest BCUT2D eigenvalue weighted by molar-refractivity contribution is 4.88. The fourth-order valence-electron chi connectivity index (χ4n) is 1.01. The molecule has 0 aromatic heterocycles. The Labute approximate surface area is 92.0 Å². The van der Waals surface area contributed by atoms with Gasteiger partial charge in [-0.3, -0.25) is 0 Å². The molecule has 0 amide bonds. The molecule has 88 valence electrons. The van der Waals surface area contributed by atoms with Gasteiger partial charge in [-0.05, 0) is 6.92 Å². The summed E-state index contributed by atoms with van der Waals surface area (Å²) in [5.41, 5.74) is 0. The molecular weight excluding hydrogens is 194 g/mol. The van der Waals surface area contributed by atoms with Gasteiger partial charge in [-0.25, -0.2) is 0 Å². The minimum atomic E-state index is -0.498. The Morgan fingerprint density at radius 3 is 2.80 bits per heavy atom.